The lowest BCUT2D eigenvalue weighted by Gasteiger charge is -2.35. The molecule has 1 fully saturated rings. The van der Waals surface area contributed by atoms with E-state index >= 15 is 0 Å². The Balaban J connectivity index is 1.92. The molecule has 0 amide bonds. The molecule has 0 spiro atoms. The van der Waals surface area contributed by atoms with E-state index in [4.69, 9.17) is 0 Å². The number of hydrogen-bond acceptors (Lipinski definition) is 3. The van der Waals surface area contributed by atoms with Crippen LogP contribution in [-0.4, -0.2) is 25.9 Å². The molecule has 0 radical (unpaired) electrons. The minimum absolute atomic E-state index is 0.237. The summed E-state index contributed by atoms with van der Waals surface area (Å²) in [5, 5.41) is 19.3. The number of aliphatic hydroxyl groups is 1. The Hall–Kier alpha value is -1.81. The van der Waals surface area contributed by atoms with Crippen LogP contribution in [0.1, 0.15) is 36.8 Å². The van der Waals surface area contributed by atoms with Crippen LogP contribution < -0.4 is 0 Å². The molecule has 1 heterocycles. The maximum absolute atomic E-state index is 9.94. The molecular formula is C15H18N2O2. The Bertz CT molecular complexity index is 522. The van der Waals surface area contributed by atoms with Gasteiger partial charge in [0.1, 0.15) is 5.75 Å². The average Bonchev–Trinajstić information content (AvgIpc) is 2.93. The van der Waals surface area contributed by atoms with Gasteiger partial charge in [-0.25, -0.2) is 4.98 Å². The number of nitrogens with zero attached hydrogens (tertiary/aromatic N) is 2. The highest BCUT2D eigenvalue weighted by molar-refractivity contribution is 5.29. The van der Waals surface area contributed by atoms with Crippen molar-refractivity contribution in [3.8, 4) is 5.75 Å². The number of phenols is 1. The van der Waals surface area contributed by atoms with Crippen molar-refractivity contribution in [1.82, 2.24) is 9.55 Å². The minimum Gasteiger partial charge on any atom is -0.508 e. The third-order valence-corrected chi connectivity index (χ3v) is 4.02. The molecule has 0 bridgehead atoms. The second kappa shape index (κ2) is 5.05. The molecule has 1 aliphatic rings. The molecule has 19 heavy (non-hydrogen) atoms. The first-order valence-corrected chi connectivity index (χ1v) is 6.68. The number of aromatic hydroxyl groups is 1. The third-order valence-electron chi connectivity index (χ3n) is 4.02. The predicted molar refractivity (Wildman–Crippen MR) is 72.0 cm³/mol. The van der Waals surface area contributed by atoms with Crippen molar-refractivity contribution in [2.45, 2.75) is 37.3 Å². The quantitative estimate of drug-likeness (QED) is 0.870. The molecule has 1 aromatic heterocycles. The number of imidazole rings is 1. The van der Waals surface area contributed by atoms with Gasteiger partial charge < -0.3 is 14.8 Å². The van der Waals surface area contributed by atoms with Gasteiger partial charge in [0.25, 0.3) is 0 Å². The van der Waals surface area contributed by atoms with Crippen LogP contribution >= 0.6 is 0 Å². The Morgan fingerprint density at radius 3 is 2.63 bits per heavy atom. The summed E-state index contributed by atoms with van der Waals surface area (Å²) in [6, 6.07) is 7.64. The highest BCUT2D eigenvalue weighted by Gasteiger charge is 2.31. The Labute approximate surface area is 112 Å². The van der Waals surface area contributed by atoms with Gasteiger partial charge in [-0.2, -0.15) is 0 Å². The molecule has 4 heteroatoms. The van der Waals surface area contributed by atoms with E-state index in [9.17, 15) is 10.2 Å². The van der Waals surface area contributed by atoms with E-state index in [0.29, 0.717) is 6.04 Å². The third kappa shape index (κ3) is 2.49. The maximum Gasteiger partial charge on any atom is 0.115 e. The van der Waals surface area contributed by atoms with Gasteiger partial charge in [0, 0.05) is 24.4 Å². The van der Waals surface area contributed by atoms with Crippen LogP contribution in [0.5, 0.6) is 5.75 Å². The molecule has 2 N–H and O–H groups in total. The summed E-state index contributed by atoms with van der Waals surface area (Å²) in [7, 11) is 0. The van der Waals surface area contributed by atoms with Crippen molar-refractivity contribution >= 4 is 0 Å². The molecule has 1 aromatic carbocycles. The monoisotopic (exact) mass is 258 g/mol. The fourth-order valence-corrected chi connectivity index (χ4v) is 3.03. The van der Waals surface area contributed by atoms with Crippen molar-refractivity contribution in [2.24, 2.45) is 0 Å². The zero-order chi connectivity index (χ0) is 13.2. The first-order chi connectivity index (χ1) is 9.24. The molecule has 0 aliphatic heterocycles. The fourth-order valence-electron chi connectivity index (χ4n) is 3.03. The molecule has 4 nitrogen and oxygen atoms in total. The maximum atomic E-state index is 9.94. The van der Waals surface area contributed by atoms with Crippen molar-refractivity contribution in [3.05, 3.63) is 48.5 Å². The van der Waals surface area contributed by atoms with Gasteiger partial charge in [-0.05, 0) is 37.0 Å². The Kier molecular flexibility index (Phi) is 3.25. The van der Waals surface area contributed by atoms with E-state index in [2.05, 4.69) is 9.55 Å². The van der Waals surface area contributed by atoms with Gasteiger partial charge in [-0.15, -0.1) is 0 Å². The average molecular weight is 258 g/mol. The summed E-state index contributed by atoms with van der Waals surface area (Å²) in [6.45, 7) is 0. The number of rotatable bonds is 2. The van der Waals surface area contributed by atoms with Crippen LogP contribution in [0, 0.1) is 0 Å². The number of aliphatic hydroxyl groups excluding tert-OH is 1. The van der Waals surface area contributed by atoms with E-state index in [0.717, 1.165) is 24.8 Å². The van der Waals surface area contributed by atoms with Crippen molar-refractivity contribution < 1.29 is 10.2 Å². The molecule has 1 saturated carbocycles. The fraction of sp³-hybridized carbons (Fsp3) is 0.400. The molecule has 2 aromatic rings. The molecular weight excluding hydrogens is 240 g/mol. The summed E-state index contributed by atoms with van der Waals surface area (Å²) in [4.78, 5) is 4.12. The van der Waals surface area contributed by atoms with Crippen LogP contribution in [-0.2, 0) is 0 Å². The Morgan fingerprint density at radius 2 is 1.95 bits per heavy atom. The van der Waals surface area contributed by atoms with Gasteiger partial charge in [0.2, 0.25) is 0 Å². The van der Waals surface area contributed by atoms with Gasteiger partial charge in [-0.1, -0.05) is 12.1 Å². The molecule has 0 saturated heterocycles. The van der Waals surface area contributed by atoms with Crippen LogP contribution in [0.15, 0.2) is 43.0 Å². The lowest BCUT2D eigenvalue weighted by Crippen LogP contribution is -2.28. The number of benzene rings is 1. The molecule has 1 unspecified atom stereocenters. The van der Waals surface area contributed by atoms with Crippen molar-refractivity contribution in [3.63, 3.8) is 0 Å². The number of aromatic nitrogens is 2. The summed E-state index contributed by atoms with van der Waals surface area (Å²) < 4.78 is 2.13. The van der Waals surface area contributed by atoms with Gasteiger partial charge in [0.15, 0.2) is 0 Å². The van der Waals surface area contributed by atoms with Crippen LogP contribution in [0.4, 0.5) is 0 Å². The molecule has 3 rings (SSSR count). The largest absolute Gasteiger partial charge is 0.508 e. The summed E-state index contributed by atoms with van der Waals surface area (Å²) in [5.74, 6) is 0.540. The smallest absolute Gasteiger partial charge is 0.115 e. The summed E-state index contributed by atoms with van der Waals surface area (Å²) in [6.07, 6.45) is 7.91. The van der Waals surface area contributed by atoms with E-state index in [1.54, 1.807) is 18.3 Å². The standard InChI is InChI=1S/C15H18N2O2/c18-12-3-1-11(2-4-12)14-9-13(19)5-6-15(14)17-8-7-16-10-17/h1-4,7-8,10,13-15,18-19H,5-6,9H2/t13-,14?,15-/m0/s1. The second-order valence-corrected chi connectivity index (χ2v) is 5.24. The lowest BCUT2D eigenvalue weighted by molar-refractivity contribution is 0.0960. The second-order valence-electron chi connectivity index (χ2n) is 5.24. The van der Waals surface area contributed by atoms with Crippen LogP contribution in [0.2, 0.25) is 0 Å². The lowest BCUT2D eigenvalue weighted by atomic mass is 9.78. The Morgan fingerprint density at radius 1 is 1.16 bits per heavy atom. The molecule has 3 atom stereocenters. The van der Waals surface area contributed by atoms with E-state index in [-0.39, 0.29) is 17.8 Å². The van der Waals surface area contributed by atoms with Gasteiger partial charge in [0.05, 0.1) is 12.4 Å². The normalized spacial score (nSPS) is 27.3. The van der Waals surface area contributed by atoms with E-state index in [1.807, 2.05) is 24.7 Å². The molecule has 1 aliphatic carbocycles. The van der Waals surface area contributed by atoms with Gasteiger partial charge >= 0.3 is 0 Å². The number of phenolic OH excluding ortho intramolecular Hbond substituents is 1. The summed E-state index contributed by atoms with van der Waals surface area (Å²) in [5.41, 5.74) is 1.16. The minimum atomic E-state index is -0.237. The zero-order valence-corrected chi connectivity index (χ0v) is 10.7. The summed E-state index contributed by atoms with van der Waals surface area (Å²) >= 11 is 0. The highest BCUT2D eigenvalue weighted by Crippen LogP contribution is 2.41. The zero-order valence-electron chi connectivity index (χ0n) is 10.7. The van der Waals surface area contributed by atoms with E-state index in [1.165, 1.54) is 0 Å². The van der Waals surface area contributed by atoms with Crippen molar-refractivity contribution in [1.29, 1.82) is 0 Å². The highest BCUT2D eigenvalue weighted by atomic mass is 16.3. The number of hydrogen-bond donors (Lipinski definition) is 2. The van der Waals surface area contributed by atoms with Gasteiger partial charge in [-0.3, -0.25) is 0 Å². The topological polar surface area (TPSA) is 58.3 Å². The molecule has 100 valence electrons. The first kappa shape index (κ1) is 12.2. The van der Waals surface area contributed by atoms with Crippen LogP contribution in [0.25, 0.3) is 0 Å². The van der Waals surface area contributed by atoms with Crippen molar-refractivity contribution in [2.75, 3.05) is 0 Å². The predicted octanol–water partition coefficient (Wildman–Crippen LogP) is 2.46. The first-order valence-electron chi connectivity index (χ1n) is 6.68. The van der Waals surface area contributed by atoms with Crippen LogP contribution in [0.3, 0.4) is 0 Å². The van der Waals surface area contributed by atoms with E-state index < -0.39 is 0 Å². The SMILES string of the molecule is Oc1ccc(C2C[C@@H](O)CC[C@@H]2n2ccnc2)cc1.